The summed E-state index contributed by atoms with van der Waals surface area (Å²) in [5.74, 6) is -0.788. The molecule has 36 heavy (non-hydrogen) atoms. The Kier molecular flexibility index (Phi) is 6.83. The van der Waals surface area contributed by atoms with E-state index < -0.39 is 17.8 Å². The first-order chi connectivity index (χ1) is 17.3. The van der Waals surface area contributed by atoms with Crippen LogP contribution in [0.2, 0.25) is 0 Å². The molecule has 2 N–H and O–H groups in total. The van der Waals surface area contributed by atoms with Crippen LogP contribution in [0.5, 0.6) is 0 Å². The van der Waals surface area contributed by atoms with E-state index in [1.165, 1.54) is 16.0 Å². The van der Waals surface area contributed by atoms with Gasteiger partial charge in [0.25, 0.3) is 5.91 Å². The van der Waals surface area contributed by atoms with Gasteiger partial charge in [-0.15, -0.1) is 11.3 Å². The van der Waals surface area contributed by atoms with Crippen LogP contribution in [0.4, 0.5) is 18.2 Å². The summed E-state index contributed by atoms with van der Waals surface area (Å²) in [6, 6.07) is 3.65. The summed E-state index contributed by atoms with van der Waals surface area (Å²) in [6.45, 7) is -0.0396. The largest absolute Gasteiger partial charge is 0.435 e. The Labute approximate surface area is 210 Å². The van der Waals surface area contributed by atoms with Crippen molar-refractivity contribution in [2.45, 2.75) is 70.6 Å². The summed E-state index contributed by atoms with van der Waals surface area (Å²) in [6.07, 6.45) is 4.52. The van der Waals surface area contributed by atoms with Crippen LogP contribution in [0.25, 0.3) is 0 Å². The number of fused-ring (bicyclic) bond motifs is 2. The van der Waals surface area contributed by atoms with Gasteiger partial charge in [0.2, 0.25) is 5.91 Å². The van der Waals surface area contributed by atoms with Crippen molar-refractivity contribution in [2.75, 3.05) is 5.32 Å². The Morgan fingerprint density at radius 3 is 2.56 bits per heavy atom. The Morgan fingerprint density at radius 1 is 1.06 bits per heavy atom. The lowest BCUT2D eigenvalue weighted by Crippen LogP contribution is -2.26. The standard InChI is InChI=1S/C25H26F3N5O2S/c26-25(27,28)22-16-7-1-3-9-18(16)33(32-22)14-20(34)31-24-21(17-8-2-4-10-19(17)36-24)23(35)30-13-15-6-5-11-29-12-15/h5-6,11-12H,1-4,7-10,13-14H2,(H,30,35)(H,31,34). The molecule has 0 aliphatic heterocycles. The van der Waals surface area contributed by atoms with Gasteiger partial charge >= 0.3 is 6.18 Å². The van der Waals surface area contributed by atoms with Crippen LogP contribution >= 0.6 is 11.3 Å². The van der Waals surface area contributed by atoms with Crippen LogP contribution in [0, 0.1) is 0 Å². The highest BCUT2D eigenvalue weighted by Crippen LogP contribution is 2.39. The minimum atomic E-state index is -4.56. The number of carbonyl (C=O) groups is 2. The monoisotopic (exact) mass is 517 g/mol. The lowest BCUT2D eigenvalue weighted by molar-refractivity contribution is -0.142. The second-order valence-corrected chi connectivity index (χ2v) is 10.2. The number of thiophene rings is 1. The van der Waals surface area contributed by atoms with E-state index >= 15 is 0 Å². The van der Waals surface area contributed by atoms with Gasteiger partial charge in [0.1, 0.15) is 11.5 Å². The fourth-order valence-corrected chi connectivity index (χ4v) is 6.30. The zero-order valence-corrected chi connectivity index (χ0v) is 20.4. The van der Waals surface area contributed by atoms with E-state index in [0.29, 0.717) is 42.1 Å². The fraction of sp³-hybridized carbons (Fsp3) is 0.440. The number of alkyl halides is 3. The SMILES string of the molecule is O=C(Cn1nc(C(F)(F)F)c2c1CCCC2)Nc1sc2c(c1C(=O)NCc1cccnc1)CCCC2. The molecule has 0 bridgehead atoms. The van der Waals surface area contributed by atoms with Gasteiger partial charge in [0.15, 0.2) is 5.69 Å². The van der Waals surface area contributed by atoms with Gasteiger partial charge in [-0.1, -0.05) is 6.07 Å². The number of amides is 2. The van der Waals surface area contributed by atoms with Gasteiger partial charge < -0.3 is 10.6 Å². The second kappa shape index (κ2) is 10.0. The molecule has 3 aromatic heterocycles. The predicted octanol–water partition coefficient (Wildman–Crippen LogP) is 4.68. The summed E-state index contributed by atoms with van der Waals surface area (Å²) in [5.41, 5.74) is 2.02. The van der Waals surface area contributed by atoms with Crippen LogP contribution < -0.4 is 10.6 Å². The molecule has 2 aliphatic carbocycles. The molecule has 0 spiro atoms. The molecule has 11 heteroatoms. The van der Waals surface area contributed by atoms with Crippen molar-refractivity contribution >= 4 is 28.2 Å². The molecule has 0 unspecified atom stereocenters. The predicted molar refractivity (Wildman–Crippen MR) is 129 cm³/mol. The summed E-state index contributed by atoms with van der Waals surface area (Å²) < 4.78 is 41.7. The maximum atomic E-state index is 13.5. The number of hydrogen-bond acceptors (Lipinski definition) is 5. The second-order valence-electron chi connectivity index (χ2n) is 9.14. The molecule has 0 aromatic carbocycles. The molecule has 0 atom stereocenters. The highest BCUT2D eigenvalue weighted by molar-refractivity contribution is 7.17. The fourth-order valence-electron chi connectivity index (χ4n) is 5.00. The van der Waals surface area contributed by atoms with Crippen molar-refractivity contribution in [3.63, 3.8) is 0 Å². The van der Waals surface area contributed by atoms with Gasteiger partial charge in [0, 0.05) is 35.1 Å². The van der Waals surface area contributed by atoms with E-state index in [-0.39, 0.29) is 18.0 Å². The summed E-state index contributed by atoms with van der Waals surface area (Å²) in [4.78, 5) is 31.3. The number of hydrogen-bond donors (Lipinski definition) is 2. The van der Waals surface area contributed by atoms with Crippen LogP contribution in [-0.4, -0.2) is 26.6 Å². The molecule has 190 valence electrons. The average Bonchev–Trinajstić information content (AvgIpc) is 3.41. The maximum absolute atomic E-state index is 13.5. The number of nitrogens with one attached hydrogen (secondary N) is 2. The third-order valence-corrected chi connectivity index (χ3v) is 7.85. The number of carbonyl (C=O) groups excluding carboxylic acids is 2. The van der Waals surface area contributed by atoms with E-state index in [1.54, 1.807) is 18.5 Å². The summed E-state index contributed by atoms with van der Waals surface area (Å²) in [5, 5.41) is 9.94. The highest BCUT2D eigenvalue weighted by Gasteiger charge is 2.39. The Hall–Kier alpha value is -3.21. The van der Waals surface area contributed by atoms with Crippen molar-refractivity contribution in [3.8, 4) is 0 Å². The summed E-state index contributed by atoms with van der Waals surface area (Å²) in [7, 11) is 0. The number of nitrogens with zero attached hydrogens (tertiary/aromatic N) is 3. The van der Waals surface area contributed by atoms with Crippen LogP contribution in [-0.2, 0) is 49.7 Å². The average molecular weight is 518 g/mol. The molecule has 2 amide bonds. The molecule has 0 saturated heterocycles. The van der Waals surface area contributed by atoms with Crippen molar-refractivity contribution in [1.82, 2.24) is 20.1 Å². The molecule has 2 aliphatic rings. The van der Waals surface area contributed by atoms with E-state index in [9.17, 15) is 22.8 Å². The zero-order valence-electron chi connectivity index (χ0n) is 19.6. The van der Waals surface area contributed by atoms with Gasteiger partial charge in [-0.25, -0.2) is 0 Å². The van der Waals surface area contributed by atoms with Gasteiger partial charge in [-0.05, 0) is 68.6 Å². The zero-order chi connectivity index (χ0) is 25.3. The van der Waals surface area contributed by atoms with Crippen LogP contribution in [0.15, 0.2) is 24.5 Å². The molecular weight excluding hydrogens is 491 g/mol. The third-order valence-electron chi connectivity index (χ3n) is 6.65. The Bertz CT molecular complexity index is 1280. The van der Waals surface area contributed by atoms with E-state index in [0.717, 1.165) is 48.1 Å². The minimum Gasteiger partial charge on any atom is -0.348 e. The number of aryl methyl sites for hydroxylation is 1. The van der Waals surface area contributed by atoms with Crippen molar-refractivity contribution in [1.29, 1.82) is 0 Å². The number of aromatic nitrogens is 3. The van der Waals surface area contributed by atoms with Crippen LogP contribution in [0.1, 0.15) is 69.0 Å². The topological polar surface area (TPSA) is 88.9 Å². The van der Waals surface area contributed by atoms with Crippen molar-refractivity contribution in [2.24, 2.45) is 0 Å². The lowest BCUT2D eigenvalue weighted by atomic mass is 9.95. The van der Waals surface area contributed by atoms with E-state index in [1.807, 2.05) is 6.07 Å². The van der Waals surface area contributed by atoms with E-state index in [2.05, 4.69) is 20.7 Å². The molecule has 0 radical (unpaired) electrons. The molecule has 3 aromatic rings. The quantitative estimate of drug-likeness (QED) is 0.497. The third kappa shape index (κ3) is 5.02. The number of halogens is 3. The first kappa shape index (κ1) is 24.5. The highest BCUT2D eigenvalue weighted by atomic mass is 32.1. The maximum Gasteiger partial charge on any atom is 0.435 e. The molecule has 3 heterocycles. The van der Waals surface area contributed by atoms with Gasteiger partial charge in [0.05, 0.1) is 5.56 Å². The van der Waals surface area contributed by atoms with Gasteiger partial charge in [-0.2, -0.15) is 18.3 Å². The Balaban J connectivity index is 1.37. The van der Waals surface area contributed by atoms with E-state index in [4.69, 9.17) is 0 Å². The minimum absolute atomic E-state index is 0.198. The Morgan fingerprint density at radius 2 is 1.81 bits per heavy atom. The van der Waals surface area contributed by atoms with Gasteiger partial charge in [-0.3, -0.25) is 19.3 Å². The molecule has 0 saturated carbocycles. The molecule has 7 nitrogen and oxygen atoms in total. The van der Waals surface area contributed by atoms with Crippen molar-refractivity contribution in [3.05, 3.63) is 63.0 Å². The number of pyridine rings is 1. The number of rotatable bonds is 6. The lowest BCUT2D eigenvalue weighted by Gasteiger charge is -2.15. The molecule has 5 rings (SSSR count). The first-order valence-corrected chi connectivity index (χ1v) is 12.9. The normalized spacial score (nSPS) is 15.2. The van der Waals surface area contributed by atoms with Crippen LogP contribution in [0.3, 0.4) is 0 Å². The first-order valence-electron chi connectivity index (χ1n) is 12.1. The smallest absolute Gasteiger partial charge is 0.348 e. The molecular formula is C25H26F3N5O2S. The summed E-state index contributed by atoms with van der Waals surface area (Å²) >= 11 is 1.37. The number of anilines is 1. The molecule has 0 fully saturated rings. The van der Waals surface area contributed by atoms with Crippen molar-refractivity contribution < 1.29 is 22.8 Å².